The number of benzene rings is 3. The second-order valence-electron chi connectivity index (χ2n) is 8.72. The Bertz CT molecular complexity index is 1590. The minimum Gasteiger partial charge on any atom is -0.381 e. The van der Waals surface area contributed by atoms with Gasteiger partial charge in [-0.25, -0.2) is 4.39 Å². The Kier molecular flexibility index (Phi) is 5.48. The summed E-state index contributed by atoms with van der Waals surface area (Å²) in [7, 11) is 0. The van der Waals surface area contributed by atoms with E-state index in [0.29, 0.717) is 26.1 Å². The number of rotatable bonds is 4. The lowest BCUT2D eigenvalue weighted by Gasteiger charge is -2.31. The average molecular weight is 481 g/mol. The molecule has 0 spiro atoms. The van der Waals surface area contributed by atoms with Gasteiger partial charge in [0.25, 0.3) is 0 Å². The van der Waals surface area contributed by atoms with Gasteiger partial charge in [0.1, 0.15) is 5.82 Å². The van der Waals surface area contributed by atoms with Crippen molar-refractivity contribution in [3.63, 3.8) is 0 Å². The van der Waals surface area contributed by atoms with Crippen LogP contribution < -0.4 is 0 Å². The third-order valence-corrected chi connectivity index (χ3v) is 7.55. The number of pyridine rings is 1. The molecule has 1 aliphatic rings. The van der Waals surface area contributed by atoms with Crippen LogP contribution in [-0.4, -0.2) is 27.8 Å². The van der Waals surface area contributed by atoms with Gasteiger partial charge in [-0.1, -0.05) is 42.1 Å². The molecule has 5 aromatic rings. The van der Waals surface area contributed by atoms with Crippen LogP contribution in [-0.2, 0) is 10.2 Å². The molecule has 0 N–H and O–H groups in total. The van der Waals surface area contributed by atoms with Crippen LogP contribution in [0.1, 0.15) is 18.4 Å². The van der Waals surface area contributed by atoms with E-state index >= 15 is 0 Å². The van der Waals surface area contributed by atoms with E-state index in [-0.39, 0.29) is 5.82 Å². The first-order chi connectivity index (χ1) is 17.1. The third kappa shape index (κ3) is 3.95. The molecule has 1 fully saturated rings. The van der Waals surface area contributed by atoms with Crippen molar-refractivity contribution in [2.75, 3.05) is 13.2 Å². The van der Waals surface area contributed by atoms with Crippen molar-refractivity contribution < 1.29 is 9.13 Å². The molecule has 6 rings (SSSR count). The maximum absolute atomic E-state index is 14.6. The first-order valence-electron chi connectivity index (χ1n) is 11.5. The average Bonchev–Trinajstić information content (AvgIpc) is 3.34. The first-order valence-corrected chi connectivity index (χ1v) is 12.3. The summed E-state index contributed by atoms with van der Waals surface area (Å²) in [6, 6.07) is 27.6. The van der Waals surface area contributed by atoms with Gasteiger partial charge in [-0.2, -0.15) is 5.26 Å². The Morgan fingerprint density at radius 2 is 1.74 bits per heavy atom. The molecule has 2 aromatic heterocycles. The standard InChI is InChI=1S/C28H21FN4OS/c29-22-15-21(28(18-30)10-12-34-13-11-28)16-24(17-22)35-23-7-8-25-20(14-23)6-9-26-31-32-27(33(25)26)19-4-2-1-3-5-19/h1-9,14-17H,10-13H2. The zero-order chi connectivity index (χ0) is 23.8. The molecule has 0 bridgehead atoms. The van der Waals surface area contributed by atoms with Crippen molar-refractivity contribution in [3.8, 4) is 17.5 Å². The van der Waals surface area contributed by atoms with Gasteiger partial charge in [0.15, 0.2) is 11.5 Å². The molecule has 35 heavy (non-hydrogen) atoms. The number of ether oxygens (including phenoxy) is 1. The Labute approximate surface area is 206 Å². The monoisotopic (exact) mass is 480 g/mol. The molecule has 7 heteroatoms. The first kappa shape index (κ1) is 21.8. The van der Waals surface area contributed by atoms with Crippen LogP contribution in [0.25, 0.3) is 27.9 Å². The van der Waals surface area contributed by atoms with E-state index in [1.807, 2.05) is 54.6 Å². The number of nitrogens with zero attached hydrogens (tertiary/aromatic N) is 4. The fourth-order valence-corrected chi connectivity index (χ4v) is 5.68. The number of aromatic nitrogens is 3. The van der Waals surface area contributed by atoms with Crippen LogP contribution in [0, 0.1) is 17.1 Å². The Hall–Kier alpha value is -3.73. The van der Waals surface area contributed by atoms with E-state index in [9.17, 15) is 9.65 Å². The summed E-state index contributed by atoms with van der Waals surface area (Å²) in [5.74, 6) is 0.463. The summed E-state index contributed by atoms with van der Waals surface area (Å²) in [5.41, 5.74) is 2.81. The predicted octanol–water partition coefficient (Wildman–Crippen LogP) is 6.41. The summed E-state index contributed by atoms with van der Waals surface area (Å²) >= 11 is 1.49. The minimum atomic E-state index is -0.701. The van der Waals surface area contributed by atoms with Crippen molar-refractivity contribution in [2.45, 2.75) is 28.0 Å². The summed E-state index contributed by atoms with van der Waals surface area (Å²) in [4.78, 5) is 1.76. The van der Waals surface area contributed by atoms with E-state index in [4.69, 9.17) is 4.74 Å². The van der Waals surface area contributed by atoms with Crippen molar-refractivity contribution in [1.82, 2.24) is 14.6 Å². The van der Waals surface area contributed by atoms with Gasteiger partial charge in [-0.3, -0.25) is 4.40 Å². The van der Waals surface area contributed by atoms with E-state index in [1.165, 1.54) is 23.9 Å². The lowest BCUT2D eigenvalue weighted by molar-refractivity contribution is 0.0674. The van der Waals surface area contributed by atoms with Crippen LogP contribution in [0.15, 0.2) is 88.7 Å². The highest BCUT2D eigenvalue weighted by Gasteiger charge is 2.35. The zero-order valence-corrected chi connectivity index (χ0v) is 19.6. The fourth-order valence-electron chi connectivity index (χ4n) is 4.73. The third-order valence-electron chi connectivity index (χ3n) is 6.59. The maximum Gasteiger partial charge on any atom is 0.168 e. The van der Waals surface area contributed by atoms with Gasteiger partial charge in [0, 0.05) is 28.6 Å². The van der Waals surface area contributed by atoms with E-state index in [0.717, 1.165) is 43.3 Å². The summed E-state index contributed by atoms with van der Waals surface area (Å²) in [5, 5.41) is 19.7. The van der Waals surface area contributed by atoms with Gasteiger partial charge in [-0.15, -0.1) is 10.2 Å². The molecule has 0 atom stereocenters. The van der Waals surface area contributed by atoms with Crippen LogP contribution >= 0.6 is 11.8 Å². The molecular weight excluding hydrogens is 459 g/mol. The smallest absolute Gasteiger partial charge is 0.168 e. The van der Waals surface area contributed by atoms with Gasteiger partial charge in [0.05, 0.1) is 17.0 Å². The number of hydrogen-bond acceptors (Lipinski definition) is 5. The summed E-state index contributed by atoms with van der Waals surface area (Å²) < 4.78 is 22.1. The van der Waals surface area contributed by atoms with Crippen molar-refractivity contribution in [2.24, 2.45) is 0 Å². The Balaban J connectivity index is 1.38. The molecule has 1 aliphatic heterocycles. The Morgan fingerprint density at radius 1 is 0.914 bits per heavy atom. The molecule has 0 aliphatic carbocycles. The summed E-state index contributed by atoms with van der Waals surface area (Å²) in [6.45, 7) is 1.03. The molecular formula is C28H21FN4OS. The topological polar surface area (TPSA) is 63.2 Å². The number of fused-ring (bicyclic) bond motifs is 3. The van der Waals surface area contributed by atoms with Crippen LogP contribution in [0.4, 0.5) is 4.39 Å². The van der Waals surface area contributed by atoms with Gasteiger partial charge in [-0.05, 0) is 72.3 Å². The van der Waals surface area contributed by atoms with Crippen LogP contribution in [0.3, 0.4) is 0 Å². The van der Waals surface area contributed by atoms with Crippen molar-refractivity contribution >= 4 is 28.3 Å². The van der Waals surface area contributed by atoms with E-state index < -0.39 is 5.41 Å². The zero-order valence-electron chi connectivity index (χ0n) is 18.8. The Morgan fingerprint density at radius 3 is 2.54 bits per heavy atom. The highest BCUT2D eigenvalue weighted by atomic mass is 32.2. The molecule has 1 saturated heterocycles. The largest absolute Gasteiger partial charge is 0.381 e. The number of halogens is 1. The van der Waals surface area contributed by atoms with Crippen LogP contribution in [0.2, 0.25) is 0 Å². The molecule has 172 valence electrons. The number of hydrogen-bond donors (Lipinski definition) is 0. The number of nitriles is 1. The van der Waals surface area contributed by atoms with Gasteiger partial charge in [0.2, 0.25) is 0 Å². The predicted molar refractivity (Wildman–Crippen MR) is 134 cm³/mol. The second-order valence-corrected chi connectivity index (χ2v) is 9.87. The van der Waals surface area contributed by atoms with Crippen LogP contribution in [0.5, 0.6) is 0 Å². The molecule has 0 saturated carbocycles. The SMILES string of the molecule is N#CC1(c2cc(F)cc(Sc3ccc4c(ccc5nnc(-c6ccccc6)n54)c3)c2)CCOCC1. The van der Waals surface area contributed by atoms with Crippen molar-refractivity contribution in [3.05, 3.63) is 90.2 Å². The summed E-state index contributed by atoms with van der Waals surface area (Å²) in [6.07, 6.45) is 1.15. The quantitative estimate of drug-likeness (QED) is 0.297. The molecule has 3 aromatic carbocycles. The lowest BCUT2D eigenvalue weighted by Crippen LogP contribution is -2.32. The molecule has 0 radical (unpaired) electrons. The van der Waals surface area contributed by atoms with Gasteiger partial charge >= 0.3 is 0 Å². The molecule has 5 nitrogen and oxygen atoms in total. The fraction of sp³-hybridized carbons (Fsp3) is 0.179. The second kappa shape index (κ2) is 8.81. The van der Waals surface area contributed by atoms with E-state index in [2.05, 4.69) is 32.8 Å². The molecule has 0 amide bonds. The highest BCUT2D eigenvalue weighted by Crippen LogP contribution is 2.38. The lowest BCUT2D eigenvalue weighted by atomic mass is 9.75. The van der Waals surface area contributed by atoms with E-state index in [1.54, 1.807) is 0 Å². The minimum absolute atomic E-state index is 0.328. The maximum atomic E-state index is 14.6. The highest BCUT2D eigenvalue weighted by molar-refractivity contribution is 7.99. The molecule has 3 heterocycles. The normalized spacial score (nSPS) is 15.3. The van der Waals surface area contributed by atoms with Gasteiger partial charge < -0.3 is 4.74 Å². The van der Waals surface area contributed by atoms with Crippen molar-refractivity contribution in [1.29, 1.82) is 5.26 Å². The molecule has 0 unspecified atom stereocenters.